The van der Waals surface area contributed by atoms with Crippen molar-refractivity contribution in [1.82, 2.24) is 9.62 Å². The van der Waals surface area contributed by atoms with Crippen LogP contribution in [-0.2, 0) is 23.0 Å². The largest absolute Gasteiger partial charge is 0.313 e. The number of aryl methyl sites for hydroxylation is 1. The lowest BCUT2D eigenvalue weighted by Crippen LogP contribution is -2.34. The topological polar surface area (TPSA) is 49.4 Å². The molecule has 1 aliphatic rings. The SMILES string of the molecule is CCNCc1ccc(CC)c(S(=O)(=O)N2CC=CCC2)c1. The first-order valence-corrected chi connectivity index (χ1v) is 9.01. The van der Waals surface area contributed by atoms with Gasteiger partial charge in [-0.25, -0.2) is 8.42 Å². The van der Waals surface area contributed by atoms with Crippen LogP contribution in [-0.4, -0.2) is 32.4 Å². The molecule has 0 spiro atoms. The molecule has 0 saturated heterocycles. The summed E-state index contributed by atoms with van der Waals surface area (Å²) < 4.78 is 27.3. The highest BCUT2D eigenvalue weighted by Crippen LogP contribution is 2.24. The normalized spacial score (nSPS) is 16.3. The number of rotatable bonds is 6. The van der Waals surface area contributed by atoms with Gasteiger partial charge in [-0.2, -0.15) is 4.31 Å². The Kier molecular flexibility index (Phi) is 5.56. The van der Waals surface area contributed by atoms with Crippen LogP contribution in [0.15, 0.2) is 35.2 Å². The lowest BCUT2D eigenvalue weighted by Gasteiger charge is -2.24. The zero-order chi connectivity index (χ0) is 15.3. The Labute approximate surface area is 127 Å². The number of hydrogen-bond donors (Lipinski definition) is 1. The zero-order valence-corrected chi connectivity index (χ0v) is 13.6. The third-order valence-electron chi connectivity index (χ3n) is 3.73. The molecule has 2 rings (SSSR count). The molecule has 4 nitrogen and oxygen atoms in total. The number of hydrogen-bond acceptors (Lipinski definition) is 3. The molecule has 1 N–H and O–H groups in total. The summed E-state index contributed by atoms with van der Waals surface area (Å²) in [5, 5.41) is 3.24. The van der Waals surface area contributed by atoms with Crippen LogP contribution < -0.4 is 5.32 Å². The highest BCUT2D eigenvalue weighted by Gasteiger charge is 2.26. The maximum atomic E-state index is 12.9. The van der Waals surface area contributed by atoms with Crippen LogP contribution in [0.2, 0.25) is 0 Å². The highest BCUT2D eigenvalue weighted by molar-refractivity contribution is 7.89. The molecule has 1 aliphatic heterocycles. The Morgan fingerprint density at radius 3 is 2.67 bits per heavy atom. The van der Waals surface area contributed by atoms with Crippen LogP contribution in [0.4, 0.5) is 0 Å². The van der Waals surface area contributed by atoms with Gasteiger partial charge in [0.15, 0.2) is 0 Å². The first-order valence-electron chi connectivity index (χ1n) is 7.57. The molecule has 0 fully saturated rings. The van der Waals surface area contributed by atoms with E-state index in [2.05, 4.69) is 5.32 Å². The van der Waals surface area contributed by atoms with Gasteiger partial charge < -0.3 is 5.32 Å². The zero-order valence-electron chi connectivity index (χ0n) is 12.8. The van der Waals surface area contributed by atoms with Gasteiger partial charge in [-0.05, 0) is 36.6 Å². The maximum absolute atomic E-state index is 12.9. The first-order chi connectivity index (χ1) is 10.1. The van der Waals surface area contributed by atoms with Gasteiger partial charge in [-0.3, -0.25) is 0 Å². The Morgan fingerprint density at radius 2 is 2.05 bits per heavy atom. The summed E-state index contributed by atoms with van der Waals surface area (Å²) in [7, 11) is -3.40. The lowest BCUT2D eigenvalue weighted by molar-refractivity contribution is 0.437. The number of nitrogens with one attached hydrogen (secondary N) is 1. The van der Waals surface area contributed by atoms with E-state index < -0.39 is 10.0 Å². The molecule has 0 radical (unpaired) electrons. The molecule has 1 heterocycles. The van der Waals surface area contributed by atoms with Crippen molar-refractivity contribution < 1.29 is 8.42 Å². The number of sulfonamides is 1. The molecule has 0 unspecified atom stereocenters. The quantitative estimate of drug-likeness (QED) is 0.821. The van der Waals surface area contributed by atoms with E-state index >= 15 is 0 Å². The van der Waals surface area contributed by atoms with Crippen molar-refractivity contribution in [3.05, 3.63) is 41.5 Å². The van der Waals surface area contributed by atoms with Crippen molar-refractivity contribution in [1.29, 1.82) is 0 Å². The van der Waals surface area contributed by atoms with Gasteiger partial charge in [-0.1, -0.05) is 38.1 Å². The predicted octanol–water partition coefficient (Wildman–Crippen LogP) is 2.31. The summed E-state index contributed by atoms with van der Waals surface area (Å²) in [5.74, 6) is 0. The summed E-state index contributed by atoms with van der Waals surface area (Å²) in [6, 6.07) is 5.78. The Bertz CT molecular complexity index is 609. The monoisotopic (exact) mass is 308 g/mol. The summed E-state index contributed by atoms with van der Waals surface area (Å²) in [6.07, 6.45) is 5.47. The van der Waals surface area contributed by atoms with Crippen molar-refractivity contribution >= 4 is 10.0 Å². The van der Waals surface area contributed by atoms with Gasteiger partial charge in [0.05, 0.1) is 4.90 Å². The Morgan fingerprint density at radius 1 is 1.24 bits per heavy atom. The molecular weight excluding hydrogens is 284 g/mol. The number of benzene rings is 1. The predicted molar refractivity (Wildman–Crippen MR) is 85.7 cm³/mol. The van der Waals surface area contributed by atoms with Crippen molar-refractivity contribution in [3.63, 3.8) is 0 Å². The second-order valence-electron chi connectivity index (χ2n) is 5.20. The molecule has 0 aliphatic carbocycles. The van der Waals surface area contributed by atoms with Crippen molar-refractivity contribution in [2.45, 2.75) is 38.1 Å². The van der Waals surface area contributed by atoms with Crippen molar-refractivity contribution in [2.24, 2.45) is 0 Å². The lowest BCUT2D eigenvalue weighted by atomic mass is 10.1. The summed E-state index contributed by atoms with van der Waals surface area (Å²) >= 11 is 0. The molecule has 0 atom stereocenters. The molecule has 0 bridgehead atoms. The molecule has 1 aromatic rings. The van der Waals surface area contributed by atoms with Gasteiger partial charge in [-0.15, -0.1) is 0 Å². The van der Waals surface area contributed by atoms with Gasteiger partial charge in [0, 0.05) is 19.6 Å². The van der Waals surface area contributed by atoms with Gasteiger partial charge in [0.1, 0.15) is 0 Å². The molecule has 1 aromatic carbocycles. The van der Waals surface area contributed by atoms with E-state index in [1.165, 1.54) is 0 Å². The second kappa shape index (κ2) is 7.20. The minimum Gasteiger partial charge on any atom is -0.313 e. The average molecular weight is 308 g/mol. The minimum absolute atomic E-state index is 0.468. The number of nitrogens with zero attached hydrogens (tertiary/aromatic N) is 1. The van der Waals surface area contributed by atoms with Crippen LogP contribution in [0, 0.1) is 0 Å². The van der Waals surface area contributed by atoms with Crippen molar-refractivity contribution in [3.8, 4) is 0 Å². The summed E-state index contributed by atoms with van der Waals surface area (Å²) in [6.45, 7) is 6.65. The maximum Gasteiger partial charge on any atom is 0.243 e. The summed E-state index contributed by atoms with van der Waals surface area (Å²) in [5.41, 5.74) is 1.91. The Balaban J connectivity index is 2.37. The van der Waals surface area contributed by atoms with Crippen LogP contribution in [0.1, 0.15) is 31.4 Å². The Hall–Kier alpha value is -1.17. The van der Waals surface area contributed by atoms with Gasteiger partial charge in [0.2, 0.25) is 10.0 Å². The van der Waals surface area contributed by atoms with E-state index in [0.717, 1.165) is 30.5 Å². The van der Waals surface area contributed by atoms with Gasteiger partial charge in [0.25, 0.3) is 0 Å². The van der Waals surface area contributed by atoms with E-state index in [1.54, 1.807) is 4.31 Å². The molecule has 0 amide bonds. The standard InChI is InChI=1S/C16H24N2O2S/c1-3-15-9-8-14(13-17-4-2)12-16(15)21(19,20)18-10-6-5-7-11-18/h5-6,8-9,12,17H,3-4,7,10-11,13H2,1-2H3. The molecule has 0 saturated carbocycles. The fourth-order valence-corrected chi connectivity index (χ4v) is 4.24. The van der Waals surface area contributed by atoms with E-state index in [4.69, 9.17) is 0 Å². The fraction of sp³-hybridized carbons (Fsp3) is 0.500. The van der Waals surface area contributed by atoms with Crippen LogP contribution in [0.5, 0.6) is 0 Å². The third kappa shape index (κ3) is 3.73. The molecule has 21 heavy (non-hydrogen) atoms. The summed E-state index contributed by atoms with van der Waals surface area (Å²) in [4.78, 5) is 0.468. The molecule has 116 valence electrons. The minimum atomic E-state index is -3.40. The smallest absolute Gasteiger partial charge is 0.243 e. The first kappa shape index (κ1) is 16.2. The third-order valence-corrected chi connectivity index (χ3v) is 5.68. The van der Waals surface area contributed by atoms with Gasteiger partial charge >= 0.3 is 0 Å². The van der Waals surface area contributed by atoms with Crippen LogP contribution in [0.25, 0.3) is 0 Å². The highest BCUT2D eigenvalue weighted by atomic mass is 32.2. The molecule has 0 aromatic heterocycles. The van der Waals surface area contributed by atoms with E-state index in [9.17, 15) is 8.42 Å². The van der Waals surface area contributed by atoms with E-state index in [0.29, 0.717) is 24.5 Å². The second-order valence-corrected chi connectivity index (χ2v) is 7.11. The van der Waals surface area contributed by atoms with E-state index in [1.807, 2.05) is 44.2 Å². The molecular formula is C16H24N2O2S. The van der Waals surface area contributed by atoms with E-state index in [-0.39, 0.29) is 0 Å². The molecule has 5 heteroatoms. The fourth-order valence-electron chi connectivity index (χ4n) is 2.49. The van der Waals surface area contributed by atoms with Crippen molar-refractivity contribution in [2.75, 3.05) is 19.6 Å². The van der Waals surface area contributed by atoms with Crippen LogP contribution >= 0.6 is 0 Å². The van der Waals surface area contributed by atoms with Crippen LogP contribution in [0.3, 0.4) is 0 Å². The average Bonchev–Trinajstić information content (AvgIpc) is 2.53.